The van der Waals surface area contributed by atoms with E-state index >= 15 is 0 Å². The van der Waals surface area contributed by atoms with Gasteiger partial charge in [0, 0.05) is 6.54 Å². The van der Waals surface area contributed by atoms with Crippen LogP contribution < -0.4 is 5.73 Å². The molecule has 0 aliphatic carbocycles. The van der Waals surface area contributed by atoms with Crippen LogP contribution in [0.1, 0.15) is 23.7 Å². The number of benzene rings is 1. The molecule has 0 aliphatic rings. The number of hydrogen-bond donors (Lipinski definition) is 2. The summed E-state index contributed by atoms with van der Waals surface area (Å²) in [6.07, 6.45) is 0.649. The van der Waals surface area contributed by atoms with Crippen molar-refractivity contribution in [2.75, 3.05) is 13.1 Å². The standard InChI is InChI=1S/C12H15ClFN3O2/c1-2-6-17(7-10(15)16-19)12(18)11-8(13)4-3-5-9(11)14/h3-5,19H,2,6-7H2,1H3,(H2,15,16). The molecule has 0 bridgehead atoms. The van der Waals surface area contributed by atoms with Gasteiger partial charge in [-0.2, -0.15) is 0 Å². The SMILES string of the molecule is CCCN(CC(N)=NO)C(=O)c1c(F)cccc1Cl. The van der Waals surface area contributed by atoms with Crippen LogP contribution >= 0.6 is 11.6 Å². The Bertz CT molecular complexity index is 474. The van der Waals surface area contributed by atoms with E-state index in [4.69, 9.17) is 22.5 Å². The Hall–Kier alpha value is -1.82. The third-order valence-corrected chi connectivity index (χ3v) is 2.75. The van der Waals surface area contributed by atoms with E-state index in [1.54, 1.807) is 0 Å². The number of oxime groups is 1. The summed E-state index contributed by atoms with van der Waals surface area (Å²) in [6.45, 7) is 2.11. The second-order valence-electron chi connectivity index (χ2n) is 3.91. The Kier molecular flexibility index (Phi) is 5.57. The van der Waals surface area contributed by atoms with Gasteiger partial charge in [-0.05, 0) is 18.6 Å². The molecular formula is C12H15ClFN3O2. The highest BCUT2D eigenvalue weighted by Gasteiger charge is 2.22. The molecule has 3 N–H and O–H groups in total. The maximum atomic E-state index is 13.7. The first-order valence-corrected chi connectivity index (χ1v) is 6.08. The van der Waals surface area contributed by atoms with E-state index in [9.17, 15) is 9.18 Å². The smallest absolute Gasteiger partial charge is 0.258 e. The first-order valence-electron chi connectivity index (χ1n) is 5.71. The van der Waals surface area contributed by atoms with Crippen molar-refractivity contribution in [2.45, 2.75) is 13.3 Å². The van der Waals surface area contributed by atoms with E-state index in [0.717, 1.165) is 6.07 Å². The highest BCUT2D eigenvalue weighted by molar-refractivity contribution is 6.33. The van der Waals surface area contributed by atoms with Gasteiger partial charge >= 0.3 is 0 Å². The number of rotatable bonds is 5. The Morgan fingerprint density at radius 2 is 2.26 bits per heavy atom. The van der Waals surface area contributed by atoms with Crippen molar-refractivity contribution in [1.29, 1.82) is 0 Å². The monoisotopic (exact) mass is 287 g/mol. The molecule has 1 rings (SSSR count). The highest BCUT2D eigenvalue weighted by atomic mass is 35.5. The van der Waals surface area contributed by atoms with Crippen molar-refractivity contribution >= 4 is 23.3 Å². The van der Waals surface area contributed by atoms with Gasteiger partial charge in [0.25, 0.3) is 5.91 Å². The lowest BCUT2D eigenvalue weighted by atomic mass is 10.1. The van der Waals surface area contributed by atoms with Crippen molar-refractivity contribution in [3.05, 3.63) is 34.6 Å². The lowest BCUT2D eigenvalue weighted by Crippen LogP contribution is -2.39. The number of halogens is 2. The minimum Gasteiger partial charge on any atom is -0.409 e. The minimum atomic E-state index is -0.696. The first kappa shape index (κ1) is 15.2. The highest BCUT2D eigenvalue weighted by Crippen LogP contribution is 2.20. The number of carbonyl (C=O) groups excluding carboxylic acids is 1. The maximum Gasteiger partial charge on any atom is 0.258 e. The van der Waals surface area contributed by atoms with Gasteiger partial charge < -0.3 is 15.8 Å². The van der Waals surface area contributed by atoms with Crippen molar-refractivity contribution in [3.8, 4) is 0 Å². The molecule has 0 spiro atoms. The third-order valence-electron chi connectivity index (χ3n) is 2.44. The predicted octanol–water partition coefficient (Wildman–Crippen LogP) is 2.08. The summed E-state index contributed by atoms with van der Waals surface area (Å²) in [5.74, 6) is -1.41. The molecule has 104 valence electrons. The quantitative estimate of drug-likeness (QED) is 0.377. The Labute approximate surface area is 115 Å². The van der Waals surface area contributed by atoms with Crippen molar-refractivity contribution in [1.82, 2.24) is 4.90 Å². The van der Waals surface area contributed by atoms with Crippen molar-refractivity contribution < 1.29 is 14.4 Å². The van der Waals surface area contributed by atoms with E-state index in [-0.39, 0.29) is 23.0 Å². The van der Waals surface area contributed by atoms with E-state index in [0.29, 0.717) is 13.0 Å². The number of amides is 1. The van der Waals surface area contributed by atoms with Crippen LogP contribution in [-0.2, 0) is 0 Å². The van der Waals surface area contributed by atoms with Gasteiger partial charge in [-0.15, -0.1) is 0 Å². The maximum absolute atomic E-state index is 13.7. The lowest BCUT2D eigenvalue weighted by Gasteiger charge is -2.22. The molecule has 0 aliphatic heterocycles. The van der Waals surface area contributed by atoms with Crippen LogP contribution in [0.15, 0.2) is 23.4 Å². The fraction of sp³-hybridized carbons (Fsp3) is 0.333. The molecule has 0 heterocycles. The number of carbonyl (C=O) groups is 1. The number of nitrogens with zero attached hydrogens (tertiary/aromatic N) is 2. The summed E-state index contributed by atoms with van der Waals surface area (Å²) >= 11 is 5.84. The molecule has 0 fully saturated rings. The van der Waals surface area contributed by atoms with Crippen LogP contribution in [0.25, 0.3) is 0 Å². The number of nitrogens with two attached hydrogens (primary N) is 1. The summed E-state index contributed by atoms with van der Waals surface area (Å²) in [5, 5.41) is 11.4. The van der Waals surface area contributed by atoms with Gasteiger partial charge in [0.05, 0.1) is 17.1 Å². The molecule has 1 aromatic rings. The van der Waals surface area contributed by atoms with Gasteiger partial charge in [0.1, 0.15) is 5.82 Å². The normalized spacial score (nSPS) is 11.4. The zero-order valence-corrected chi connectivity index (χ0v) is 11.2. The third kappa shape index (κ3) is 3.82. The summed E-state index contributed by atoms with van der Waals surface area (Å²) in [6, 6.07) is 4.01. The van der Waals surface area contributed by atoms with Crippen molar-refractivity contribution in [3.63, 3.8) is 0 Å². The molecule has 0 saturated carbocycles. The van der Waals surface area contributed by atoms with Crippen molar-refractivity contribution in [2.24, 2.45) is 10.9 Å². The Morgan fingerprint density at radius 1 is 1.58 bits per heavy atom. The van der Waals surface area contributed by atoms with E-state index < -0.39 is 11.7 Å². The lowest BCUT2D eigenvalue weighted by molar-refractivity contribution is 0.0773. The average Bonchev–Trinajstić information content (AvgIpc) is 2.37. The second-order valence-corrected chi connectivity index (χ2v) is 4.32. The van der Waals surface area contributed by atoms with Crippen LogP contribution in [0, 0.1) is 5.82 Å². The van der Waals surface area contributed by atoms with Crippen LogP contribution in [-0.4, -0.2) is 34.9 Å². The van der Waals surface area contributed by atoms with Crippen LogP contribution in [0.2, 0.25) is 5.02 Å². The summed E-state index contributed by atoms with van der Waals surface area (Å²) in [5.41, 5.74) is 5.17. The minimum absolute atomic E-state index is 0.0330. The molecule has 19 heavy (non-hydrogen) atoms. The van der Waals surface area contributed by atoms with Crippen LogP contribution in [0.5, 0.6) is 0 Å². The van der Waals surface area contributed by atoms with Crippen LogP contribution in [0.4, 0.5) is 4.39 Å². The van der Waals surface area contributed by atoms with Crippen LogP contribution in [0.3, 0.4) is 0 Å². The fourth-order valence-electron chi connectivity index (χ4n) is 1.61. The molecule has 0 unspecified atom stereocenters. The molecule has 1 amide bonds. The molecule has 5 nitrogen and oxygen atoms in total. The topological polar surface area (TPSA) is 78.9 Å². The predicted molar refractivity (Wildman–Crippen MR) is 71.0 cm³/mol. The average molecular weight is 288 g/mol. The zero-order valence-electron chi connectivity index (χ0n) is 10.4. The molecular weight excluding hydrogens is 273 g/mol. The number of hydrogen-bond acceptors (Lipinski definition) is 3. The van der Waals surface area contributed by atoms with Gasteiger partial charge in [-0.1, -0.05) is 29.7 Å². The van der Waals surface area contributed by atoms with E-state index in [1.165, 1.54) is 17.0 Å². The Balaban J connectivity index is 3.05. The molecule has 1 aromatic carbocycles. The molecule has 0 atom stereocenters. The van der Waals surface area contributed by atoms with Gasteiger partial charge in [-0.3, -0.25) is 4.79 Å². The van der Waals surface area contributed by atoms with Gasteiger partial charge in [0.15, 0.2) is 5.84 Å². The molecule has 7 heteroatoms. The molecule has 0 radical (unpaired) electrons. The summed E-state index contributed by atoms with van der Waals surface area (Å²) in [7, 11) is 0. The zero-order chi connectivity index (χ0) is 14.4. The largest absolute Gasteiger partial charge is 0.409 e. The van der Waals surface area contributed by atoms with E-state index in [2.05, 4.69) is 5.16 Å². The molecule has 0 saturated heterocycles. The van der Waals surface area contributed by atoms with Gasteiger partial charge in [0.2, 0.25) is 0 Å². The fourth-order valence-corrected chi connectivity index (χ4v) is 1.85. The summed E-state index contributed by atoms with van der Waals surface area (Å²) < 4.78 is 13.7. The van der Waals surface area contributed by atoms with E-state index in [1.807, 2.05) is 6.92 Å². The first-order chi connectivity index (χ1) is 9.01. The van der Waals surface area contributed by atoms with Gasteiger partial charge in [-0.25, -0.2) is 4.39 Å². The second kappa shape index (κ2) is 6.94. The molecule has 0 aromatic heterocycles. The summed E-state index contributed by atoms with van der Waals surface area (Å²) in [4.78, 5) is 13.5. The number of amidine groups is 1. The Morgan fingerprint density at radius 3 is 2.79 bits per heavy atom.